The Morgan fingerprint density at radius 1 is 1.26 bits per heavy atom. The Morgan fingerprint density at radius 2 is 2.08 bits per heavy atom. The van der Waals surface area contributed by atoms with Crippen molar-refractivity contribution in [1.82, 2.24) is 15.0 Å². The van der Waals surface area contributed by atoms with E-state index in [1.165, 1.54) is 29.4 Å². The monoisotopic (exact) mass is 564 g/mol. The Morgan fingerprint density at radius 3 is 2.79 bits per heavy atom. The number of pyridine rings is 1. The number of urea groups is 1. The first-order valence-electron chi connectivity index (χ1n) is 12.1. The number of nitrogens with one attached hydrogen (secondary N) is 1. The molecule has 2 atom stereocenters. The number of carbonyl (C=O) groups is 1. The maximum absolute atomic E-state index is 13.5. The van der Waals surface area contributed by atoms with Crippen molar-refractivity contribution in [3.63, 3.8) is 0 Å². The van der Waals surface area contributed by atoms with Crippen molar-refractivity contribution in [1.29, 1.82) is 0 Å². The fourth-order valence-electron chi connectivity index (χ4n) is 4.60. The molecular formula is C25H24ClF3N6O4. The molecule has 0 spiro atoms. The molecule has 10 nitrogen and oxygen atoms in total. The molecule has 2 aromatic heterocycles. The maximum Gasteiger partial charge on any atom is 0.416 e. The summed E-state index contributed by atoms with van der Waals surface area (Å²) in [7, 11) is 0. The predicted molar refractivity (Wildman–Crippen MR) is 137 cm³/mol. The van der Waals surface area contributed by atoms with E-state index in [0.717, 1.165) is 25.1 Å². The van der Waals surface area contributed by atoms with Crippen LogP contribution in [0, 0.1) is 0 Å². The third-order valence-corrected chi connectivity index (χ3v) is 6.73. The number of aliphatic hydroxyl groups is 2. The molecule has 2 aliphatic rings. The van der Waals surface area contributed by atoms with Crippen LogP contribution in [0.1, 0.15) is 18.4 Å². The quantitative estimate of drug-likeness (QED) is 0.411. The number of aromatic nitrogens is 3. The fourth-order valence-corrected chi connectivity index (χ4v) is 4.86. The van der Waals surface area contributed by atoms with Gasteiger partial charge in [-0.1, -0.05) is 23.7 Å². The van der Waals surface area contributed by atoms with Crippen LogP contribution < -0.4 is 19.9 Å². The van der Waals surface area contributed by atoms with Gasteiger partial charge in [-0.05, 0) is 31.0 Å². The fraction of sp³-hybridized carbons (Fsp3) is 0.360. The highest BCUT2D eigenvalue weighted by Crippen LogP contribution is 2.43. The van der Waals surface area contributed by atoms with E-state index in [0.29, 0.717) is 18.7 Å². The van der Waals surface area contributed by atoms with E-state index in [1.807, 2.05) is 0 Å². The second-order valence-electron chi connectivity index (χ2n) is 9.17. The van der Waals surface area contributed by atoms with E-state index >= 15 is 0 Å². The van der Waals surface area contributed by atoms with Crippen LogP contribution in [0.2, 0.25) is 5.02 Å². The summed E-state index contributed by atoms with van der Waals surface area (Å²) in [5, 5.41) is 21.1. The number of hydrogen-bond donors (Lipinski definition) is 3. The number of anilines is 3. The molecule has 0 unspecified atom stereocenters. The van der Waals surface area contributed by atoms with Gasteiger partial charge in [0, 0.05) is 18.7 Å². The lowest BCUT2D eigenvalue weighted by molar-refractivity contribution is -0.137. The number of amides is 2. The highest BCUT2D eigenvalue weighted by atomic mass is 35.5. The van der Waals surface area contributed by atoms with Crippen molar-refractivity contribution in [2.24, 2.45) is 0 Å². The standard InChI is InChI=1S/C25H24ClF3N6O4/c26-18-8-19-23(33-22(18)14-3-1-4-15(7-14)25(27,28)29)35(16-5-2-6-34(19)11-16)24(38)32-20-9-31-21(10-30-20)39-13-17(37)12-36/h1,3-4,7-10,16-17,36-37H,2,5-6,11-13H2,(H,30,32,38)/t16-,17-/m0/s1. The van der Waals surface area contributed by atoms with Gasteiger partial charge in [0.05, 0.1) is 47.0 Å². The molecule has 4 heterocycles. The van der Waals surface area contributed by atoms with Gasteiger partial charge < -0.3 is 19.8 Å². The number of nitrogens with zero attached hydrogens (tertiary/aromatic N) is 5. The number of aliphatic hydroxyl groups excluding tert-OH is 2. The first kappa shape index (κ1) is 26.9. The third-order valence-electron chi connectivity index (χ3n) is 6.45. The minimum atomic E-state index is -4.54. The third kappa shape index (κ3) is 5.70. The summed E-state index contributed by atoms with van der Waals surface area (Å²) >= 11 is 6.52. The molecule has 3 N–H and O–H groups in total. The Kier molecular flexibility index (Phi) is 7.47. The van der Waals surface area contributed by atoms with E-state index in [2.05, 4.69) is 25.2 Å². The average Bonchev–Trinajstić information content (AvgIpc) is 2.92. The lowest BCUT2D eigenvalue weighted by atomic mass is 9.99. The lowest BCUT2D eigenvalue weighted by Crippen LogP contribution is -2.56. The minimum absolute atomic E-state index is 0.0915. The molecule has 1 aromatic carbocycles. The van der Waals surface area contributed by atoms with Gasteiger partial charge in [-0.2, -0.15) is 13.2 Å². The zero-order chi connectivity index (χ0) is 27.7. The summed E-state index contributed by atoms with van der Waals surface area (Å²) in [5.41, 5.74) is 0.0881. The van der Waals surface area contributed by atoms with E-state index < -0.39 is 30.5 Å². The van der Waals surface area contributed by atoms with Crippen LogP contribution in [0.15, 0.2) is 42.7 Å². The van der Waals surface area contributed by atoms with E-state index in [-0.39, 0.29) is 46.4 Å². The van der Waals surface area contributed by atoms with Crippen LogP contribution in [0.3, 0.4) is 0 Å². The summed E-state index contributed by atoms with van der Waals surface area (Å²) in [6.07, 6.45) is -1.53. The van der Waals surface area contributed by atoms with Crippen molar-refractivity contribution in [3.05, 3.63) is 53.3 Å². The van der Waals surface area contributed by atoms with Gasteiger partial charge in [0.1, 0.15) is 12.7 Å². The van der Waals surface area contributed by atoms with Crippen molar-refractivity contribution in [3.8, 4) is 17.1 Å². The largest absolute Gasteiger partial charge is 0.474 e. The zero-order valence-corrected chi connectivity index (χ0v) is 21.2. The Hall–Kier alpha value is -3.68. The predicted octanol–water partition coefficient (Wildman–Crippen LogP) is 3.96. The molecule has 1 saturated heterocycles. The van der Waals surface area contributed by atoms with Gasteiger partial charge in [-0.25, -0.2) is 19.7 Å². The molecule has 0 radical (unpaired) electrons. The van der Waals surface area contributed by atoms with Crippen LogP contribution in [-0.4, -0.2) is 69.6 Å². The number of fused-ring (bicyclic) bond motifs is 4. The summed E-state index contributed by atoms with van der Waals surface area (Å²) < 4.78 is 45.3. The zero-order valence-electron chi connectivity index (χ0n) is 20.4. The number of ether oxygens (including phenoxy) is 1. The topological polar surface area (TPSA) is 124 Å². The Labute approximate surface area is 226 Å². The SMILES string of the molecule is O=C(Nc1cnc(OC[C@@H](O)CO)cn1)N1c2nc(-c3cccc(C(F)(F)F)c3)c(Cl)cc2N2CCC[C@H]1C2. The molecule has 39 heavy (non-hydrogen) atoms. The lowest BCUT2D eigenvalue weighted by Gasteiger charge is -2.46. The number of alkyl halides is 3. The number of piperidine rings is 1. The van der Waals surface area contributed by atoms with Crippen LogP contribution in [0.4, 0.5) is 35.3 Å². The number of rotatable bonds is 6. The average molecular weight is 565 g/mol. The molecule has 5 rings (SSSR count). The molecule has 2 aliphatic heterocycles. The van der Waals surface area contributed by atoms with Gasteiger partial charge in [0.15, 0.2) is 11.6 Å². The van der Waals surface area contributed by atoms with E-state index in [9.17, 15) is 23.1 Å². The summed E-state index contributed by atoms with van der Waals surface area (Å²) in [6.45, 7) is 0.638. The van der Waals surface area contributed by atoms with Crippen LogP contribution >= 0.6 is 11.6 Å². The molecular weight excluding hydrogens is 541 g/mol. The van der Waals surface area contributed by atoms with Gasteiger partial charge in [0.25, 0.3) is 0 Å². The van der Waals surface area contributed by atoms with Crippen molar-refractivity contribution < 1.29 is 32.9 Å². The molecule has 2 bridgehead atoms. The van der Waals surface area contributed by atoms with Gasteiger partial charge >= 0.3 is 12.2 Å². The molecule has 1 fully saturated rings. The molecule has 206 valence electrons. The van der Waals surface area contributed by atoms with Gasteiger partial charge in [-0.15, -0.1) is 0 Å². The normalized spacial score (nSPS) is 17.4. The summed E-state index contributed by atoms with van der Waals surface area (Å²) in [4.78, 5) is 29.8. The van der Waals surface area contributed by atoms with Crippen LogP contribution in [0.5, 0.6) is 5.88 Å². The van der Waals surface area contributed by atoms with E-state index in [1.54, 1.807) is 6.07 Å². The first-order valence-corrected chi connectivity index (χ1v) is 12.5. The van der Waals surface area contributed by atoms with Gasteiger partial charge in [-0.3, -0.25) is 10.2 Å². The van der Waals surface area contributed by atoms with Crippen molar-refractivity contribution in [2.45, 2.75) is 31.2 Å². The molecule has 0 aliphatic carbocycles. The molecule has 2 amide bonds. The second kappa shape index (κ2) is 10.8. The summed E-state index contributed by atoms with van der Waals surface area (Å²) in [6, 6.07) is 5.59. The Bertz CT molecular complexity index is 1360. The van der Waals surface area contributed by atoms with Crippen molar-refractivity contribution in [2.75, 3.05) is 41.4 Å². The second-order valence-corrected chi connectivity index (χ2v) is 9.58. The highest BCUT2D eigenvalue weighted by Gasteiger charge is 2.39. The van der Waals surface area contributed by atoms with E-state index in [4.69, 9.17) is 21.4 Å². The Balaban J connectivity index is 1.45. The molecule has 14 heteroatoms. The first-order chi connectivity index (χ1) is 18.6. The number of hydrogen-bond acceptors (Lipinski definition) is 8. The number of halogens is 4. The van der Waals surface area contributed by atoms with Gasteiger partial charge in [0.2, 0.25) is 5.88 Å². The van der Waals surface area contributed by atoms with Crippen molar-refractivity contribution >= 4 is 35.0 Å². The molecule has 3 aromatic rings. The number of carbonyl (C=O) groups excluding carboxylic acids is 1. The van der Waals surface area contributed by atoms with Crippen LogP contribution in [0.25, 0.3) is 11.3 Å². The number of benzene rings is 1. The smallest absolute Gasteiger partial charge is 0.416 e. The minimum Gasteiger partial charge on any atom is -0.474 e. The van der Waals surface area contributed by atoms with Crippen LogP contribution in [-0.2, 0) is 6.18 Å². The maximum atomic E-state index is 13.5. The molecule has 0 saturated carbocycles. The summed E-state index contributed by atoms with van der Waals surface area (Å²) in [5.74, 6) is 0.502. The highest BCUT2D eigenvalue weighted by molar-refractivity contribution is 6.33.